The van der Waals surface area contributed by atoms with Gasteiger partial charge < -0.3 is 29.2 Å². The summed E-state index contributed by atoms with van der Waals surface area (Å²) in [6, 6.07) is 13.1. The summed E-state index contributed by atoms with van der Waals surface area (Å²) in [4.78, 5) is 0. The lowest BCUT2D eigenvalue weighted by molar-refractivity contribution is 0.172. The van der Waals surface area contributed by atoms with E-state index < -0.39 is 0 Å². The molecule has 0 amide bonds. The second kappa shape index (κ2) is 9.32. The highest BCUT2D eigenvalue weighted by atomic mass is 35.5. The van der Waals surface area contributed by atoms with E-state index in [1.54, 1.807) is 13.2 Å². The summed E-state index contributed by atoms with van der Waals surface area (Å²) in [5.41, 5.74) is 4.21. The Morgan fingerprint density at radius 3 is 2.65 bits per heavy atom. The van der Waals surface area contributed by atoms with Crippen LogP contribution in [0.25, 0.3) is 22.5 Å². The number of halogens is 1. The normalized spacial score (nSPS) is 14.2. The molecule has 1 aliphatic heterocycles. The first-order valence-electron chi connectivity index (χ1n) is 9.84. The van der Waals surface area contributed by atoms with E-state index in [4.69, 9.17) is 30.3 Å². The van der Waals surface area contributed by atoms with Crippen LogP contribution < -0.4 is 14.8 Å². The number of hydrogen-bond donors (Lipinski definition) is 2. The first-order valence-corrected chi connectivity index (χ1v) is 10.2. The van der Waals surface area contributed by atoms with Crippen LogP contribution >= 0.6 is 11.6 Å². The molecule has 0 spiro atoms. The van der Waals surface area contributed by atoms with Crippen molar-refractivity contribution in [2.24, 2.45) is 0 Å². The topological polar surface area (TPSA) is 86.0 Å². The van der Waals surface area contributed by atoms with Crippen LogP contribution in [0.5, 0.6) is 11.6 Å². The predicted octanol–water partition coefficient (Wildman–Crippen LogP) is 5.27. The summed E-state index contributed by atoms with van der Waals surface area (Å²) in [5.74, 6) is 1.34. The molecule has 0 radical (unpaired) electrons. The van der Waals surface area contributed by atoms with Gasteiger partial charge in [0, 0.05) is 49.1 Å². The Hall–Kier alpha value is -3.16. The largest absolute Gasteiger partial charge is 0.504 e. The number of aromatic nitrogens is 1. The fourth-order valence-corrected chi connectivity index (χ4v) is 3.69. The third kappa shape index (κ3) is 4.47. The zero-order chi connectivity index (χ0) is 21.8. The molecular weight excluding hydrogens is 420 g/mol. The molecule has 4 rings (SSSR count). The molecule has 0 aliphatic carbocycles. The highest BCUT2D eigenvalue weighted by molar-refractivity contribution is 6.34. The van der Waals surface area contributed by atoms with Crippen molar-refractivity contribution in [2.45, 2.75) is 6.42 Å². The van der Waals surface area contributed by atoms with Gasteiger partial charge in [-0.2, -0.15) is 0 Å². The van der Waals surface area contributed by atoms with Gasteiger partial charge in [-0.15, -0.1) is 0 Å². The highest BCUT2D eigenvalue weighted by Gasteiger charge is 2.24. The standard InChI is InChI=1S/C23H23ClN2O5/c1-28-8-3-9-30-15-6-4-14(5-7-15)16-10-17-18(13-25-20(17)11-19(16)24)23(27)21-12-22(29-2)26-31-21/h4-7,10-12,25,27H,3,8-9,13H2,1-2H3. The molecule has 0 atom stereocenters. The smallest absolute Gasteiger partial charge is 0.254 e. The summed E-state index contributed by atoms with van der Waals surface area (Å²) in [7, 11) is 3.16. The molecule has 0 fully saturated rings. The summed E-state index contributed by atoms with van der Waals surface area (Å²) < 4.78 is 21.0. The van der Waals surface area contributed by atoms with Crippen LogP contribution in [0.1, 0.15) is 17.7 Å². The van der Waals surface area contributed by atoms with E-state index in [2.05, 4.69) is 10.5 Å². The summed E-state index contributed by atoms with van der Waals surface area (Å²) in [5, 5.41) is 18.4. The summed E-state index contributed by atoms with van der Waals surface area (Å²) >= 11 is 6.56. The van der Waals surface area contributed by atoms with E-state index in [1.165, 1.54) is 7.11 Å². The molecule has 162 valence electrons. The van der Waals surface area contributed by atoms with Crippen molar-refractivity contribution >= 4 is 28.6 Å². The molecule has 0 bridgehead atoms. The molecule has 1 aromatic heterocycles. The number of fused-ring (bicyclic) bond motifs is 1. The molecule has 31 heavy (non-hydrogen) atoms. The van der Waals surface area contributed by atoms with E-state index in [-0.39, 0.29) is 11.5 Å². The molecule has 1 aliphatic rings. The molecule has 8 heteroatoms. The van der Waals surface area contributed by atoms with Gasteiger partial charge in [0.2, 0.25) is 5.76 Å². The van der Waals surface area contributed by atoms with E-state index in [1.807, 2.05) is 36.4 Å². The number of ether oxygens (including phenoxy) is 3. The van der Waals surface area contributed by atoms with Crippen molar-refractivity contribution in [1.82, 2.24) is 5.16 Å². The maximum Gasteiger partial charge on any atom is 0.254 e. The number of aliphatic hydroxyl groups is 1. The SMILES string of the molecule is COCCCOc1ccc(-c2cc3c(cc2Cl)NCC3=C(O)c2cc(OC)no2)cc1. The number of hydrogen-bond acceptors (Lipinski definition) is 7. The highest BCUT2D eigenvalue weighted by Crippen LogP contribution is 2.41. The van der Waals surface area contributed by atoms with Crippen LogP contribution in [0.4, 0.5) is 5.69 Å². The third-order valence-corrected chi connectivity index (χ3v) is 5.34. The number of rotatable bonds is 8. The van der Waals surface area contributed by atoms with Gasteiger partial charge in [-0.05, 0) is 35.0 Å². The molecule has 0 saturated carbocycles. The fraction of sp³-hybridized carbons (Fsp3) is 0.261. The van der Waals surface area contributed by atoms with Gasteiger partial charge in [-0.25, -0.2) is 0 Å². The number of methoxy groups -OCH3 is 2. The molecule has 3 aromatic rings. The van der Waals surface area contributed by atoms with Crippen molar-refractivity contribution in [3.05, 3.63) is 58.8 Å². The van der Waals surface area contributed by atoms with Crippen LogP contribution in [0.3, 0.4) is 0 Å². The number of aliphatic hydroxyl groups excluding tert-OH is 1. The van der Waals surface area contributed by atoms with Crippen LogP contribution in [-0.2, 0) is 4.74 Å². The second-order valence-corrected chi connectivity index (χ2v) is 7.42. The summed E-state index contributed by atoms with van der Waals surface area (Å²) in [6.45, 7) is 1.71. The maximum absolute atomic E-state index is 10.8. The minimum absolute atomic E-state index is 0.00938. The molecular formula is C23H23ClN2O5. The van der Waals surface area contributed by atoms with Crippen molar-refractivity contribution < 1.29 is 23.8 Å². The van der Waals surface area contributed by atoms with Gasteiger partial charge in [0.25, 0.3) is 5.88 Å². The van der Waals surface area contributed by atoms with Crippen molar-refractivity contribution in [1.29, 1.82) is 0 Å². The average Bonchev–Trinajstić information content (AvgIpc) is 3.43. The third-order valence-electron chi connectivity index (χ3n) is 5.03. The summed E-state index contributed by atoms with van der Waals surface area (Å²) in [6.07, 6.45) is 0.831. The van der Waals surface area contributed by atoms with Crippen molar-refractivity contribution in [3.63, 3.8) is 0 Å². The zero-order valence-corrected chi connectivity index (χ0v) is 18.0. The Bertz CT molecular complexity index is 1090. The van der Waals surface area contributed by atoms with Gasteiger partial charge in [0.1, 0.15) is 5.75 Å². The minimum atomic E-state index is 0.00938. The Balaban J connectivity index is 1.61. The lowest BCUT2D eigenvalue weighted by atomic mass is 9.98. The van der Waals surface area contributed by atoms with Crippen molar-refractivity contribution in [3.8, 4) is 22.8 Å². The average molecular weight is 443 g/mol. The van der Waals surface area contributed by atoms with E-state index >= 15 is 0 Å². The number of benzene rings is 2. The quantitative estimate of drug-likeness (QED) is 0.363. The molecule has 2 heterocycles. The zero-order valence-electron chi connectivity index (χ0n) is 17.3. The first-order chi connectivity index (χ1) is 15.1. The predicted molar refractivity (Wildman–Crippen MR) is 120 cm³/mol. The molecule has 2 aromatic carbocycles. The van der Waals surface area contributed by atoms with Gasteiger partial charge in [0.05, 0.1) is 24.8 Å². The van der Waals surface area contributed by atoms with Gasteiger partial charge in [-0.3, -0.25) is 0 Å². The van der Waals surface area contributed by atoms with Gasteiger partial charge in [0.15, 0.2) is 5.76 Å². The van der Waals surface area contributed by atoms with Crippen LogP contribution in [0, 0.1) is 0 Å². The molecule has 0 saturated heterocycles. The van der Waals surface area contributed by atoms with Crippen LogP contribution in [-0.4, -0.2) is 44.2 Å². The number of nitrogens with zero attached hydrogens (tertiary/aromatic N) is 1. The van der Waals surface area contributed by atoms with E-state index in [0.29, 0.717) is 36.2 Å². The Labute approximate surface area is 185 Å². The van der Waals surface area contributed by atoms with Gasteiger partial charge >= 0.3 is 0 Å². The van der Waals surface area contributed by atoms with Crippen LogP contribution in [0.15, 0.2) is 47.0 Å². The lowest BCUT2D eigenvalue weighted by Gasteiger charge is -2.11. The minimum Gasteiger partial charge on any atom is -0.504 e. The molecule has 7 nitrogen and oxygen atoms in total. The van der Waals surface area contributed by atoms with E-state index in [0.717, 1.165) is 34.5 Å². The van der Waals surface area contributed by atoms with Crippen LogP contribution in [0.2, 0.25) is 5.02 Å². The fourth-order valence-electron chi connectivity index (χ4n) is 3.42. The monoisotopic (exact) mass is 442 g/mol. The number of nitrogens with one attached hydrogen (secondary N) is 1. The Kier molecular flexibility index (Phi) is 6.34. The van der Waals surface area contributed by atoms with E-state index in [9.17, 15) is 5.11 Å². The maximum atomic E-state index is 10.8. The lowest BCUT2D eigenvalue weighted by Crippen LogP contribution is -2.01. The molecule has 2 N–H and O–H groups in total. The van der Waals surface area contributed by atoms with Crippen molar-refractivity contribution in [2.75, 3.05) is 39.3 Å². The first kappa shape index (κ1) is 21.1. The Morgan fingerprint density at radius 1 is 1.13 bits per heavy atom. The number of anilines is 1. The molecule has 0 unspecified atom stereocenters. The van der Waals surface area contributed by atoms with Gasteiger partial charge in [-0.1, -0.05) is 23.7 Å². The Morgan fingerprint density at radius 2 is 1.94 bits per heavy atom. The second-order valence-electron chi connectivity index (χ2n) is 7.01.